The van der Waals surface area contributed by atoms with E-state index in [1.165, 1.54) is 0 Å². The summed E-state index contributed by atoms with van der Waals surface area (Å²) >= 11 is 0. The van der Waals surface area contributed by atoms with Crippen LogP contribution in [0.15, 0.2) is 61.1 Å². The predicted molar refractivity (Wildman–Crippen MR) is 101 cm³/mol. The molecule has 0 bridgehead atoms. The highest BCUT2D eigenvalue weighted by Gasteiger charge is 2.24. The fourth-order valence-corrected chi connectivity index (χ4v) is 3.06. The number of morpholine rings is 1. The maximum atomic E-state index is 11.2. The largest absolute Gasteiger partial charge is 0.368 e. The average molecular weight is 361 g/mol. The Balaban J connectivity index is 1.49. The highest BCUT2D eigenvalue weighted by atomic mass is 16.5. The molecule has 0 saturated carbocycles. The smallest absolute Gasteiger partial charge is 0.248 e. The SMILES string of the molecule is NC(=O)c1ccc(-c2ccc([C@H]3CN(c4ncccn4)CCO3)nc2)cc1. The zero-order valence-electron chi connectivity index (χ0n) is 14.7. The van der Waals surface area contributed by atoms with Crippen LogP contribution in [0.4, 0.5) is 5.95 Å². The maximum absolute atomic E-state index is 11.2. The third kappa shape index (κ3) is 3.78. The van der Waals surface area contributed by atoms with Gasteiger partial charge in [-0.2, -0.15) is 0 Å². The minimum absolute atomic E-state index is 0.131. The summed E-state index contributed by atoms with van der Waals surface area (Å²) in [6.07, 6.45) is 5.16. The summed E-state index contributed by atoms with van der Waals surface area (Å²) in [6, 6.07) is 12.9. The van der Waals surface area contributed by atoms with Crippen LogP contribution in [0.1, 0.15) is 22.2 Å². The molecule has 1 aromatic carbocycles. The topological polar surface area (TPSA) is 94.2 Å². The van der Waals surface area contributed by atoms with Crippen LogP contribution in [0.3, 0.4) is 0 Å². The van der Waals surface area contributed by atoms with Crippen molar-refractivity contribution in [3.63, 3.8) is 0 Å². The second-order valence-electron chi connectivity index (χ2n) is 6.27. The van der Waals surface area contributed by atoms with Gasteiger partial charge in [0.2, 0.25) is 11.9 Å². The van der Waals surface area contributed by atoms with Crippen LogP contribution < -0.4 is 10.6 Å². The van der Waals surface area contributed by atoms with Crippen molar-refractivity contribution in [2.24, 2.45) is 5.73 Å². The monoisotopic (exact) mass is 361 g/mol. The molecule has 2 N–H and O–H groups in total. The number of nitrogens with zero attached hydrogens (tertiary/aromatic N) is 4. The van der Waals surface area contributed by atoms with Gasteiger partial charge in [-0.05, 0) is 29.8 Å². The molecule has 0 unspecified atom stereocenters. The van der Waals surface area contributed by atoms with E-state index in [4.69, 9.17) is 10.5 Å². The molecule has 1 aliphatic rings. The number of anilines is 1. The van der Waals surface area contributed by atoms with Gasteiger partial charge in [0.25, 0.3) is 0 Å². The first-order valence-corrected chi connectivity index (χ1v) is 8.70. The lowest BCUT2D eigenvalue weighted by molar-refractivity contribution is 0.0365. The van der Waals surface area contributed by atoms with Gasteiger partial charge in [-0.25, -0.2) is 9.97 Å². The molecule has 1 fully saturated rings. The van der Waals surface area contributed by atoms with Crippen LogP contribution in [0.5, 0.6) is 0 Å². The molecule has 0 spiro atoms. The molecule has 0 aliphatic carbocycles. The number of carbonyl (C=O) groups is 1. The zero-order chi connectivity index (χ0) is 18.6. The number of hydrogen-bond donors (Lipinski definition) is 1. The molecule has 1 atom stereocenters. The van der Waals surface area contributed by atoms with E-state index in [2.05, 4.69) is 19.9 Å². The molecule has 4 rings (SSSR count). The summed E-state index contributed by atoms with van der Waals surface area (Å²) in [5, 5.41) is 0. The van der Waals surface area contributed by atoms with E-state index in [0.29, 0.717) is 24.7 Å². The van der Waals surface area contributed by atoms with Crippen molar-refractivity contribution in [1.29, 1.82) is 0 Å². The average Bonchev–Trinajstić information content (AvgIpc) is 2.75. The van der Waals surface area contributed by atoms with Crippen molar-refractivity contribution in [3.05, 3.63) is 72.3 Å². The van der Waals surface area contributed by atoms with Crippen molar-refractivity contribution in [2.45, 2.75) is 6.10 Å². The lowest BCUT2D eigenvalue weighted by Crippen LogP contribution is -2.39. The molecule has 7 nitrogen and oxygen atoms in total. The summed E-state index contributed by atoms with van der Waals surface area (Å²) in [7, 11) is 0. The summed E-state index contributed by atoms with van der Waals surface area (Å²) in [5.74, 6) is 0.272. The molecular weight excluding hydrogens is 342 g/mol. The van der Waals surface area contributed by atoms with Crippen LogP contribution in [0.25, 0.3) is 11.1 Å². The molecule has 1 saturated heterocycles. The Morgan fingerprint density at radius 3 is 2.44 bits per heavy atom. The number of rotatable bonds is 4. The quantitative estimate of drug-likeness (QED) is 0.766. The standard InChI is InChI=1S/C20H19N5O2/c21-19(26)15-4-2-14(3-5-15)16-6-7-17(24-12-16)18-13-25(10-11-27-18)20-22-8-1-9-23-20/h1-9,12,18H,10-11,13H2,(H2,21,26)/t18-/m1/s1. The molecule has 3 heterocycles. The van der Waals surface area contributed by atoms with Crippen LogP contribution in [-0.2, 0) is 4.74 Å². The van der Waals surface area contributed by atoms with Crippen molar-refractivity contribution < 1.29 is 9.53 Å². The van der Waals surface area contributed by atoms with Gasteiger partial charge < -0.3 is 15.4 Å². The fraction of sp³-hybridized carbons (Fsp3) is 0.200. The third-order valence-electron chi connectivity index (χ3n) is 4.52. The van der Waals surface area contributed by atoms with Crippen molar-refractivity contribution in [2.75, 3.05) is 24.6 Å². The summed E-state index contributed by atoms with van der Waals surface area (Å²) in [5.41, 5.74) is 8.58. The zero-order valence-corrected chi connectivity index (χ0v) is 14.7. The first kappa shape index (κ1) is 17.1. The molecule has 27 heavy (non-hydrogen) atoms. The van der Waals surface area contributed by atoms with Crippen LogP contribution in [0.2, 0.25) is 0 Å². The van der Waals surface area contributed by atoms with E-state index in [9.17, 15) is 4.79 Å². The predicted octanol–water partition coefficient (Wildman–Crippen LogP) is 2.22. The number of amides is 1. The number of benzene rings is 1. The highest BCUT2D eigenvalue weighted by molar-refractivity contribution is 5.93. The van der Waals surface area contributed by atoms with E-state index in [-0.39, 0.29) is 6.10 Å². The van der Waals surface area contributed by atoms with Gasteiger partial charge in [-0.1, -0.05) is 18.2 Å². The molecule has 0 radical (unpaired) electrons. The number of carbonyl (C=O) groups excluding carboxylic acids is 1. The van der Waals surface area contributed by atoms with Gasteiger partial charge >= 0.3 is 0 Å². The van der Waals surface area contributed by atoms with Crippen molar-refractivity contribution in [3.8, 4) is 11.1 Å². The van der Waals surface area contributed by atoms with Crippen LogP contribution in [0, 0.1) is 0 Å². The number of pyridine rings is 1. The van der Waals surface area contributed by atoms with Gasteiger partial charge in [0.05, 0.1) is 18.8 Å². The summed E-state index contributed by atoms with van der Waals surface area (Å²) in [4.78, 5) is 26.5. The van der Waals surface area contributed by atoms with E-state index >= 15 is 0 Å². The molecule has 7 heteroatoms. The molecule has 3 aromatic rings. The van der Waals surface area contributed by atoms with Crippen LogP contribution >= 0.6 is 0 Å². The first-order valence-electron chi connectivity index (χ1n) is 8.70. The van der Waals surface area contributed by atoms with E-state index < -0.39 is 5.91 Å². The third-order valence-corrected chi connectivity index (χ3v) is 4.52. The Bertz CT molecular complexity index is 913. The van der Waals surface area contributed by atoms with Crippen molar-refractivity contribution in [1.82, 2.24) is 15.0 Å². The van der Waals surface area contributed by atoms with E-state index in [1.807, 2.05) is 30.5 Å². The number of aromatic nitrogens is 3. The Kier molecular flexibility index (Phi) is 4.76. The minimum Gasteiger partial charge on any atom is -0.368 e. The lowest BCUT2D eigenvalue weighted by atomic mass is 10.0. The van der Waals surface area contributed by atoms with E-state index in [0.717, 1.165) is 23.4 Å². The number of nitrogens with two attached hydrogens (primary N) is 1. The Labute approximate surface area is 156 Å². The summed E-state index contributed by atoms with van der Waals surface area (Å²) in [6.45, 7) is 2.01. The van der Waals surface area contributed by atoms with E-state index in [1.54, 1.807) is 30.6 Å². The second-order valence-corrected chi connectivity index (χ2v) is 6.27. The Morgan fingerprint density at radius 1 is 1.04 bits per heavy atom. The number of ether oxygens (including phenoxy) is 1. The van der Waals surface area contributed by atoms with Gasteiger partial charge in [-0.3, -0.25) is 9.78 Å². The Morgan fingerprint density at radius 2 is 1.78 bits per heavy atom. The van der Waals surface area contributed by atoms with Crippen LogP contribution in [-0.4, -0.2) is 40.6 Å². The molecule has 2 aromatic heterocycles. The van der Waals surface area contributed by atoms with Gasteiger partial charge in [0.15, 0.2) is 0 Å². The second kappa shape index (κ2) is 7.51. The lowest BCUT2D eigenvalue weighted by Gasteiger charge is -2.32. The molecule has 136 valence electrons. The van der Waals surface area contributed by atoms with Crippen molar-refractivity contribution >= 4 is 11.9 Å². The molecule has 1 amide bonds. The minimum atomic E-state index is -0.434. The molecule has 1 aliphatic heterocycles. The first-order chi connectivity index (χ1) is 13.2. The highest BCUT2D eigenvalue weighted by Crippen LogP contribution is 2.25. The molecular formula is C20H19N5O2. The fourth-order valence-electron chi connectivity index (χ4n) is 3.06. The van der Waals surface area contributed by atoms with Gasteiger partial charge in [0, 0.05) is 36.3 Å². The summed E-state index contributed by atoms with van der Waals surface area (Å²) < 4.78 is 5.89. The number of hydrogen-bond acceptors (Lipinski definition) is 6. The number of primary amides is 1. The normalized spacial score (nSPS) is 16.9. The Hall–Kier alpha value is -3.32. The van der Waals surface area contributed by atoms with Gasteiger partial charge in [-0.15, -0.1) is 0 Å². The van der Waals surface area contributed by atoms with Gasteiger partial charge in [0.1, 0.15) is 6.10 Å². The maximum Gasteiger partial charge on any atom is 0.248 e.